The van der Waals surface area contributed by atoms with E-state index in [0.29, 0.717) is 5.95 Å². The molecule has 0 amide bonds. The lowest BCUT2D eigenvalue weighted by molar-refractivity contribution is 0.0265. The molecule has 0 fully saturated rings. The summed E-state index contributed by atoms with van der Waals surface area (Å²) < 4.78 is 17.1. The highest BCUT2D eigenvalue weighted by Gasteiger charge is 2.05. The van der Waals surface area contributed by atoms with Crippen molar-refractivity contribution in [3.8, 4) is 0 Å². The molecule has 114 valence electrons. The normalized spacial score (nSPS) is 12.2. The molecule has 3 nitrogen and oxygen atoms in total. The molecular weight excluding hydrogens is 256 g/mol. The minimum atomic E-state index is 0.185. The minimum absolute atomic E-state index is 0.185. The number of hydrogen-bond acceptors (Lipinski definition) is 3. The Hall–Kier alpha value is -0.483. The first-order valence-electron chi connectivity index (χ1n) is 7.83. The van der Waals surface area contributed by atoms with Gasteiger partial charge < -0.3 is 14.2 Å². The molecule has 4 heteroatoms. The lowest BCUT2D eigenvalue weighted by Crippen LogP contribution is -2.13. The third-order valence-corrected chi connectivity index (χ3v) is 3.40. The van der Waals surface area contributed by atoms with E-state index in [9.17, 15) is 0 Å². The van der Waals surface area contributed by atoms with Crippen LogP contribution in [0.5, 0.6) is 0 Å². The Morgan fingerprint density at radius 3 is 1.84 bits per heavy atom. The molecule has 0 aromatic rings. The van der Waals surface area contributed by atoms with E-state index < -0.39 is 0 Å². The van der Waals surface area contributed by atoms with E-state index in [1.54, 1.807) is 0 Å². The predicted molar refractivity (Wildman–Crippen MR) is 84.4 cm³/mol. The predicted octanol–water partition coefficient (Wildman–Crippen LogP) is 2.97. The van der Waals surface area contributed by atoms with Gasteiger partial charge in [0.2, 0.25) is 0 Å². The molecule has 0 bridgehead atoms. The van der Waals surface area contributed by atoms with Crippen LogP contribution in [-0.4, -0.2) is 35.8 Å². The van der Waals surface area contributed by atoms with Crippen molar-refractivity contribution in [3.63, 3.8) is 0 Å². The number of unbranched alkanes of at least 4 members (excludes halogenated alkanes) is 3. The van der Waals surface area contributed by atoms with E-state index in [4.69, 9.17) is 14.2 Å². The molecule has 0 aromatic heterocycles. The van der Waals surface area contributed by atoms with E-state index in [-0.39, 0.29) is 5.73 Å². The Morgan fingerprint density at radius 1 is 0.895 bits per heavy atom. The summed E-state index contributed by atoms with van der Waals surface area (Å²) in [5, 5.41) is 0. The first-order chi connectivity index (χ1) is 9.24. The van der Waals surface area contributed by atoms with Crippen LogP contribution in [-0.2, 0) is 14.2 Å². The molecule has 0 aromatic carbocycles. The molecule has 0 rings (SSSR count). The summed E-state index contributed by atoms with van der Waals surface area (Å²) in [7, 11) is 0.964. The molecule has 0 heterocycles. The quantitative estimate of drug-likeness (QED) is 0.296. The number of hydrogen-bond donors (Lipinski definition) is 0. The van der Waals surface area contributed by atoms with Gasteiger partial charge in [0.25, 0.3) is 5.95 Å². The molecule has 0 aliphatic heterocycles. The Labute approximate surface area is 122 Å². The van der Waals surface area contributed by atoms with Gasteiger partial charge >= 0.3 is 0 Å². The molecule has 1 atom stereocenters. The van der Waals surface area contributed by atoms with E-state index in [1.807, 2.05) is 6.08 Å². The Balaban J connectivity index is 4.09. The van der Waals surface area contributed by atoms with Crippen LogP contribution >= 0.6 is 0 Å². The van der Waals surface area contributed by atoms with Crippen molar-refractivity contribution < 1.29 is 14.2 Å². The first-order valence-corrected chi connectivity index (χ1v) is 8.99. The zero-order valence-corrected chi connectivity index (χ0v) is 15.2. The monoisotopic (exact) mass is 288 g/mol. The average molecular weight is 289 g/mol. The van der Waals surface area contributed by atoms with Gasteiger partial charge in [-0.1, -0.05) is 40.0 Å². The number of ether oxygens (including phenoxy) is 3. The van der Waals surface area contributed by atoms with Crippen molar-refractivity contribution in [2.75, 3.05) is 19.8 Å². The van der Waals surface area contributed by atoms with Crippen molar-refractivity contribution in [2.24, 2.45) is 0 Å². The zero-order chi connectivity index (χ0) is 14.3. The summed E-state index contributed by atoms with van der Waals surface area (Å²) in [6, 6.07) is 0. The molecular formula is C15H32O3Si. The van der Waals surface area contributed by atoms with Gasteiger partial charge in [0, 0.05) is 22.9 Å². The maximum absolute atomic E-state index is 5.75. The van der Waals surface area contributed by atoms with Crippen LogP contribution in [0.2, 0.25) is 0 Å². The SMILES string of the molecule is CCCCOC(=CC([SiH3])OCCCC)OCCCC. The highest BCUT2D eigenvalue weighted by atomic mass is 28.1. The van der Waals surface area contributed by atoms with Gasteiger partial charge in [-0.2, -0.15) is 0 Å². The molecule has 0 aliphatic rings. The maximum Gasteiger partial charge on any atom is 0.277 e. The standard InChI is InChI=1S/C15H32O3Si/c1-4-7-10-16-14(17-11-8-5-2)13-15(19)18-12-9-6-3/h13,15H,4-12H2,1-3,19H3. The molecule has 0 N–H and O–H groups in total. The summed E-state index contributed by atoms with van der Waals surface area (Å²) >= 11 is 0. The Morgan fingerprint density at radius 2 is 1.37 bits per heavy atom. The highest BCUT2D eigenvalue weighted by Crippen LogP contribution is 2.07. The highest BCUT2D eigenvalue weighted by molar-refractivity contribution is 6.12. The van der Waals surface area contributed by atoms with Crippen LogP contribution in [0.1, 0.15) is 59.3 Å². The van der Waals surface area contributed by atoms with Crippen LogP contribution in [0.3, 0.4) is 0 Å². The lowest BCUT2D eigenvalue weighted by Gasteiger charge is -2.14. The first kappa shape index (κ1) is 18.5. The van der Waals surface area contributed by atoms with Crippen LogP contribution in [0.15, 0.2) is 12.0 Å². The summed E-state index contributed by atoms with van der Waals surface area (Å²) in [5.41, 5.74) is 0.185. The smallest absolute Gasteiger partial charge is 0.277 e. The second-order valence-electron chi connectivity index (χ2n) is 4.82. The molecule has 1 unspecified atom stereocenters. The van der Waals surface area contributed by atoms with Crippen LogP contribution < -0.4 is 0 Å². The maximum atomic E-state index is 5.75. The molecule has 0 aliphatic carbocycles. The molecule has 0 saturated heterocycles. The van der Waals surface area contributed by atoms with Gasteiger partial charge in [-0.25, -0.2) is 0 Å². The third kappa shape index (κ3) is 12.3. The van der Waals surface area contributed by atoms with Gasteiger partial charge in [-0.3, -0.25) is 0 Å². The minimum Gasteiger partial charge on any atom is -0.466 e. The van der Waals surface area contributed by atoms with Gasteiger partial charge in [-0.15, -0.1) is 0 Å². The summed E-state index contributed by atoms with van der Waals surface area (Å²) in [6.45, 7) is 8.80. The summed E-state index contributed by atoms with van der Waals surface area (Å²) in [4.78, 5) is 0. The largest absolute Gasteiger partial charge is 0.466 e. The zero-order valence-electron chi connectivity index (χ0n) is 13.2. The Kier molecular flexibility index (Phi) is 13.6. The van der Waals surface area contributed by atoms with Crippen molar-refractivity contribution in [1.82, 2.24) is 0 Å². The second-order valence-corrected chi connectivity index (χ2v) is 5.96. The van der Waals surface area contributed by atoms with E-state index in [2.05, 4.69) is 20.8 Å². The molecule has 19 heavy (non-hydrogen) atoms. The lowest BCUT2D eigenvalue weighted by atomic mass is 10.3. The second kappa shape index (κ2) is 13.9. The van der Waals surface area contributed by atoms with E-state index >= 15 is 0 Å². The van der Waals surface area contributed by atoms with Crippen molar-refractivity contribution in [3.05, 3.63) is 12.0 Å². The average Bonchev–Trinajstić information content (AvgIpc) is 2.39. The van der Waals surface area contributed by atoms with E-state index in [0.717, 1.165) is 62.2 Å². The van der Waals surface area contributed by atoms with Crippen LogP contribution in [0.4, 0.5) is 0 Å². The molecule has 0 saturated carbocycles. The van der Waals surface area contributed by atoms with Crippen LogP contribution in [0.25, 0.3) is 0 Å². The van der Waals surface area contributed by atoms with Crippen molar-refractivity contribution >= 4 is 10.2 Å². The van der Waals surface area contributed by atoms with Gasteiger partial charge in [-0.05, 0) is 19.3 Å². The van der Waals surface area contributed by atoms with Gasteiger partial charge in [0.15, 0.2) is 0 Å². The van der Waals surface area contributed by atoms with Crippen LogP contribution in [0, 0.1) is 0 Å². The fraction of sp³-hybridized carbons (Fsp3) is 0.867. The molecule has 0 radical (unpaired) electrons. The number of rotatable bonds is 13. The van der Waals surface area contributed by atoms with Crippen molar-refractivity contribution in [1.29, 1.82) is 0 Å². The molecule has 0 spiro atoms. The summed E-state index contributed by atoms with van der Waals surface area (Å²) in [6.07, 6.45) is 8.71. The van der Waals surface area contributed by atoms with Gasteiger partial charge in [0.1, 0.15) is 0 Å². The van der Waals surface area contributed by atoms with E-state index in [1.165, 1.54) is 6.42 Å². The Bertz CT molecular complexity index is 207. The topological polar surface area (TPSA) is 27.7 Å². The fourth-order valence-electron chi connectivity index (χ4n) is 1.43. The summed E-state index contributed by atoms with van der Waals surface area (Å²) in [5.74, 6) is 0.665. The third-order valence-electron chi connectivity index (χ3n) is 2.73. The van der Waals surface area contributed by atoms with Crippen molar-refractivity contribution in [2.45, 2.75) is 65.0 Å². The van der Waals surface area contributed by atoms with Gasteiger partial charge in [0.05, 0.1) is 18.9 Å². The fourth-order valence-corrected chi connectivity index (χ4v) is 1.93.